The summed E-state index contributed by atoms with van der Waals surface area (Å²) in [6, 6.07) is 17.3. The molecule has 184 valence electrons. The van der Waals surface area contributed by atoms with E-state index in [-0.39, 0.29) is 47.5 Å². The van der Waals surface area contributed by atoms with Crippen molar-refractivity contribution >= 4 is 35.5 Å². The lowest BCUT2D eigenvalue weighted by molar-refractivity contribution is -0.385. The van der Waals surface area contributed by atoms with Crippen molar-refractivity contribution in [2.75, 3.05) is 19.5 Å². The Balaban J connectivity index is 0.00000432. The van der Waals surface area contributed by atoms with E-state index in [4.69, 9.17) is 20.6 Å². The van der Waals surface area contributed by atoms with Crippen LogP contribution in [0.5, 0.6) is 11.5 Å². The number of nitrogens with one attached hydrogen (secondary N) is 3. The minimum atomic E-state index is -1.13. The van der Waals surface area contributed by atoms with Crippen molar-refractivity contribution in [2.24, 2.45) is 5.73 Å². The molecule has 0 unspecified atom stereocenters. The SMILES string of the molecule is COc1cc([C@@H](Nc2ccc(C(=N)N)cc2)C(=O)NCc2ccccc2)c([N+](=O)[O-])cc1OC.Cl. The first-order valence-electron chi connectivity index (χ1n) is 10.3. The van der Waals surface area contributed by atoms with Crippen molar-refractivity contribution in [3.05, 3.63) is 93.5 Å². The van der Waals surface area contributed by atoms with Crippen molar-refractivity contribution < 1.29 is 19.2 Å². The highest BCUT2D eigenvalue weighted by Crippen LogP contribution is 2.38. The van der Waals surface area contributed by atoms with Crippen LogP contribution in [-0.4, -0.2) is 30.9 Å². The highest BCUT2D eigenvalue weighted by Gasteiger charge is 2.30. The number of hydrogen-bond acceptors (Lipinski definition) is 7. The van der Waals surface area contributed by atoms with Crippen molar-refractivity contribution in [1.82, 2.24) is 5.32 Å². The lowest BCUT2D eigenvalue weighted by Gasteiger charge is -2.21. The van der Waals surface area contributed by atoms with Crippen LogP contribution in [0.15, 0.2) is 66.7 Å². The second-order valence-corrected chi connectivity index (χ2v) is 7.29. The second-order valence-electron chi connectivity index (χ2n) is 7.29. The summed E-state index contributed by atoms with van der Waals surface area (Å²) < 4.78 is 10.5. The number of nitro groups is 1. The summed E-state index contributed by atoms with van der Waals surface area (Å²) in [5, 5.41) is 25.3. The highest BCUT2D eigenvalue weighted by atomic mass is 35.5. The van der Waals surface area contributed by atoms with Crippen molar-refractivity contribution in [3.63, 3.8) is 0 Å². The van der Waals surface area contributed by atoms with Gasteiger partial charge in [-0.25, -0.2) is 0 Å². The fraction of sp³-hybridized carbons (Fsp3) is 0.167. The number of benzene rings is 3. The van der Waals surface area contributed by atoms with Gasteiger partial charge in [0.1, 0.15) is 11.9 Å². The summed E-state index contributed by atoms with van der Waals surface area (Å²) in [6.45, 7) is 0.238. The molecule has 0 aromatic heterocycles. The Morgan fingerprint density at radius 3 is 2.20 bits per heavy atom. The molecule has 3 aromatic carbocycles. The predicted molar refractivity (Wildman–Crippen MR) is 136 cm³/mol. The molecule has 11 heteroatoms. The minimum Gasteiger partial charge on any atom is -0.493 e. The van der Waals surface area contributed by atoms with Crippen LogP contribution in [-0.2, 0) is 11.3 Å². The Labute approximate surface area is 208 Å². The van der Waals surface area contributed by atoms with E-state index in [1.807, 2.05) is 30.3 Å². The molecule has 10 nitrogen and oxygen atoms in total. The van der Waals surface area contributed by atoms with Gasteiger partial charge in [0, 0.05) is 17.8 Å². The van der Waals surface area contributed by atoms with Gasteiger partial charge in [0.05, 0.1) is 30.8 Å². The molecule has 0 fully saturated rings. The maximum absolute atomic E-state index is 13.3. The van der Waals surface area contributed by atoms with E-state index in [9.17, 15) is 14.9 Å². The quantitative estimate of drug-likeness (QED) is 0.143. The molecule has 1 atom stereocenters. The Hall–Kier alpha value is -4.31. The molecule has 35 heavy (non-hydrogen) atoms. The molecule has 0 aliphatic rings. The number of nitrogens with two attached hydrogens (primary N) is 1. The van der Waals surface area contributed by atoms with E-state index in [0.717, 1.165) is 5.56 Å². The molecule has 0 radical (unpaired) electrons. The Kier molecular flexibility index (Phi) is 9.42. The Morgan fingerprint density at radius 2 is 1.66 bits per heavy atom. The van der Waals surface area contributed by atoms with Gasteiger partial charge in [-0.2, -0.15) is 0 Å². The lowest BCUT2D eigenvalue weighted by atomic mass is 10.0. The number of amides is 1. The van der Waals surface area contributed by atoms with Gasteiger partial charge in [0.25, 0.3) is 5.69 Å². The number of hydrogen-bond donors (Lipinski definition) is 4. The van der Waals surface area contributed by atoms with E-state index in [1.54, 1.807) is 24.3 Å². The van der Waals surface area contributed by atoms with Gasteiger partial charge in [0.2, 0.25) is 5.91 Å². The monoisotopic (exact) mass is 499 g/mol. The third kappa shape index (κ3) is 6.61. The van der Waals surface area contributed by atoms with Gasteiger partial charge in [0.15, 0.2) is 11.5 Å². The number of carbonyl (C=O) groups excluding carboxylic acids is 1. The van der Waals surface area contributed by atoms with Gasteiger partial charge in [-0.15, -0.1) is 12.4 Å². The summed E-state index contributed by atoms with van der Waals surface area (Å²) in [4.78, 5) is 24.6. The molecule has 0 heterocycles. The van der Waals surface area contributed by atoms with Gasteiger partial charge < -0.3 is 25.8 Å². The maximum atomic E-state index is 13.3. The fourth-order valence-corrected chi connectivity index (χ4v) is 3.36. The maximum Gasteiger partial charge on any atom is 0.279 e. The van der Waals surface area contributed by atoms with E-state index >= 15 is 0 Å². The average molecular weight is 500 g/mol. The van der Waals surface area contributed by atoms with Crippen LogP contribution in [0.1, 0.15) is 22.7 Å². The van der Waals surface area contributed by atoms with Gasteiger partial charge >= 0.3 is 0 Å². The zero-order chi connectivity index (χ0) is 24.7. The van der Waals surface area contributed by atoms with E-state index in [1.165, 1.54) is 26.4 Å². The third-order valence-corrected chi connectivity index (χ3v) is 5.12. The molecule has 0 spiro atoms. The van der Waals surface area contributed by atoms with Gasteiger partial charge in [-0.3, -0.25) is 20.3 Å². The topological polar surface area (TPSA) is 153 Å². The second kappa shape index (κ2) is 12.2. The summed E-state index contributed by atoms with van der Waals surface area (Å²) in [7, 11) is 2.78. The van der Waals surface area contributed by atoms with Crippen LogP contribution in [0.4, 0.5) is 11.4 Å². The zero-order valence-electron chi connectivity index (χ0n) is 19.1. The summed E-state index contributed by atoms with van der Waals surface area (Å²) in [5.41, 5.74) is 7.20. The minimum absolute atomic E-state index is 0. The summed E-state index contributed by atoms with van der Waals surface area (Å²) in [6.07, 6.45) is 0. The average Bonchev–Trinajstić information content (AvgIpc) is 2.85. The largest absolute Gasteiger partial charge is 0.493 e. The number of nitrogen functional groups attached to an aromatic ring is 1. The van der Waals surface area contributed by atoms with Gasteiger partial charge in [-0.1, -0.05) is 30.3 Å². The van der Waals surface area contributed by atoms with Crippen LogP contribution in [0, 0.1) is 15.5 Å². The number of anilines is 1. The van der Waals surface area contributed by atoms with E-state index < -0.39 is 16.9 Å². The van der Waals surface area contributed by atoms with Crippen LogP contribution in [0.3, 0.4) is 0 Å². The molecule has 3 rings (SSSR count). The number of rotatable bonds is 10. The first kappa shape index (κ1) is 26.9. The number of nitrogens with zero attached hydrogens (tertiary/aromatic N) is 1. The number of amidine groups is 1. The molecule has 0 saturated heterocycles. The standard InChI is InChI=1S/C24H25N5O5.ClH/c1-33-20-12-18(19(29(31)32)13-21(20)34-2)22(24(30)27-14-15-6-4-3-5-7-15)28-17-10-8-16(9-11-17)23(25)26;/h3-13,22,28H,14H2,1-2H3,(H3,25,26)(H,27,30);1H/t22-;/m1./s1. The third-order valence-electron chi connectivity index (χ3n) is 5.12. The summed E-state index contributed by atoms with van der Waals surface area (Å²) in [5.74, 6) is -0.154. The first-order chi connectivity index (χ1) is 16.3. The zero-order valence-corrected chi connectivity index (χ0v) is 19.9. The molecule has 0 bridgehead atoms. The van der Waals surface area contributed by atoms with Crippen molar-refractivity contribution in [2.45, 2.75) is 12.6 Å². The lowest BCUT2D eigenvalue weighted by Crippen LogP contribution is -2.33. The molecule has 5 N–H and O–H groups in total. The van der Waals surface area contributed by atoms with Crippen LogP contribution in [0.25, 0.3) is 0 Å². The van der Waals surface area contributed by atoms with Gasteiger partial charge in [-0.05, 0) is 35.9 Å². The Bertz CT molecular complexity index is 1190. The predicted octanol–water partition coefficient (Wildman–Crippen LogP) is 3.79. The van der Waals surface area contributed by atoms with E-state index in [0.29, 0.717) is 11.3 Å². The summed E-state index contributed by atoms with van der Waals surface area (Å²) >= 11 is 0. The molecule has 0 saturated carbocycles. The van der Waals surface area contributed by atoms with Crippen LogP contribution < -0.4 is 25.8 Å². The molecule has 0 aliphatic carbocycles. The number of methoxy groups -OCH3 is 2. The van der Waals surface area contributed by atoms with Crippen molar-refractivity contribution in [1.29, 1.82) is 5.41 Å². The van der Waals surface area contributed by atoms with Crippen LogP contribution >= 0.6 is 12.4 Å². The number of nitro benzene ring substituents is 1. The molecule has 1 amide bonds. The highest BCUT2D eigenvalue weighted by molar-refractivity contribution is 5.95. The fourth-order valence-electron chi connectivity index (χ4n) is 3.36. The molecular formula is C24H26ClN5O5. The van der Waals surface area contributed by atoms with Crippen molar-refractivity contribution in [3.8, 4) is 11.5 Å². The number of halogens is 1. The van der Waals surface area contributed by atoms with Crippen LogP contribution in [0.2, 0.25) is 0 Å². The molecule has 0 aliphatic heterocycles. The smallest absolute Gasteiger partial charge is 0.279 e. The Morgan fingerprint density at radius 1 is 1.06 bits per heavy atom. The molecule has 3 aromatic rings. The number of ether oxygens (including phenoxy) is 2. The van der Waals surface area contributed by atoms with E-state index in [2.05, 4.69) is 10.6 Å². The first-order valence-corrected chi connectivity index (χ1v) is 10.3. The number of carbonyl (C=O) groups is 1. The normalized spacial score (nSPS) is 10.9. The molecular weight excluding hydrogens is 474 g/mol.